The third-order valence-electron chi connectivity index (χ3n) is 4.18. The van der Waals surface area contributed by atoms with Gasteiger partial charge in [-0.2, -0.15) is 0 Å². The molecule has 0 radical (unpaired) electrons. The quantitative estimate of drug-likeness (QED) is 0.615. The molecular formula is C19H24Cl2N4O2. The maximum Gasteiger partial charge on any atom is 0.358 e. The zero-order valence-electron chi connectivity index (χ0n) is 15.7. The number of esters is 1. The zero-order chi connectivity index (χ0) is 19.8. The van der Waals surface area contributed by atoms with Crippen molar-refractivity contribution in [2.45, 2.75) is 26.8 Å². The molecule has 0 aliphatic carbocycles. The van der Waals surface area contributed by atoms with Crippen LogP contribution in [0, 0.1) is 0 Å². The average molecular weight is 411 g/mol. The van der Waals surface area contributed by atoms with Crippen molar-refractivity contribution >= 4 is 35.1 Å². The summed E-state index contributed by atoms with van der Waals surface area (Å²) in [6.45, 7) is 8.43. The minimum absolute atomic E-state index is 0.0269. The van der Waals surface area contributed by atoms with Crippen molar-refractivity contribution < 1.29 is 9.53 Å². The van der Waals surface area contributed by atoms with E-state index in [1.165, 1.54) is 6.20 Å². The summed E-state index contributed by atoms with van der Waals surface area (Å²) in [6, 6.07) is 7.80. The lowest BCUT2D eigenvalue weighted by atomic mass is 10.0. The Morgan fingerprint density at radius 1 is 1.19 bits per heavy atom. The minimum Gasteiger partial charge on any atom is -0.461 e. The highest BCUT2D eigenvalue weighted by Crippen LogP contribution is 2.27. The van der Waals surface area contributed by atoms with Crippen molar-refractivity contribution in [2.24, 2.45) is 0 Å². The smallest absolute Gasteiger partial charge is 0.358 e. The monoisotopic (exact) mass is 410 g/mol. The van der Waals surface area contributed by atoms with Crippen LogP contribution in [0.4, 0.5) is 5.95 Å². The van der Waals surface area contributed by atoms with Crippen LogP contribution in [0.15, 0.2) is 30.5 Å². The molecule has 1 aromatic carbocycles. The second-order valence-electron chi connectivity index (χ2n) is 5.75. The Morgan fingerprint density at radius 3 is 2.52 bits per heavy atom. The molecule has 2 rings (SSSR count). The summed E-state index contributed by atoms with van der Waals surface area (Å²) in [4.78, 5) is 22.6. The Balaban J connectivity index is 2.23. The molecule has 8 heteroatoms. The lowest BCUT2D eigenvalue weighted by Gasteiger charge is -2.31. The number of hydrogen-bond donors (Lipinski definition) is 1. The summed E-state index contributed by atoms with van der Waals surface area (Å²) in [6.07, 6.45) is 1.39. The topological polar surface area (TPSA) is 67.3 Å². The second-order valence-corrected chi connectivity index (χ2v) is 6.56. The number of anilines is 1. The first-order valence-electron chi connectivity index (χ1n) is 8.93. The van der Waals surface area contributed by atoms with E-state index in [0.29, 0.717) is 17.5 Å². The molecule has 27 heavy (non-hydrogen) atoms. The van der Waals surface area contributed by atoms with Crippen LogP contribution in [0.3, 0.4) is 0 Å². The van der Waals surface area contributed by atoms with E-state index in [2.05, 4.69) is 34.0 Å². The average Bonchev–Trinajstić information content (AvgIpc) is 2.67. The van der Waals surface area contributed by atoms with E-state index < -0.39 is 5.97 Å². The van der Waals surface area contributed by atoms with Gasteiger partial charge in [-0.05, 0) is 31.6 Å². The fourth-order valence-electron chi connectivity index (χ4n) is 2.83. The Hall–Kier alpha value is -1.89. The predicted molar refractivity (Wildman–Crippen MR) is 109 cm³/mol. The molecule has 0 amide bonds. The van der Waals surface area contributed by atoms with Gasteiger partial charge in [-0.3, -0.25) is 4.90 Å². The van der Waals surface area contributed by atoms with Gasteiger partial charge in [-0.1, -0.05) is 55.2 Å². The number of nitrogens with zero attached hydrogens (tertiary/aromatic N) is 3. The second kappa shape index (κ2) is 10.4. The van der Waals surface area contributed by atoms with Crippen LogP contribution >= 0.6 is 23.2 Å². The summed E-state index contributed by atoms with van der Waals surface area (Å²) in [5.41, 5.74) is 1.07. The van der Waals surface area contributed by atoms with Crippen molar-refractivity contribution in [2.75, 3.05) is 31.6 Å². The molecule has 0 aliphatic rings. The highest BCUT2D eigenvalue weighted by atomic mass is 35.5. The molecule has 0 saturated carbocycles. The lowest BCUT2D eigenvalue weighted by molar-refractivity contribution is 0.0519. The summed E-state index contributed by atoms with van der Waals surface area (Å²) < 4.78 is 4.98. The van der Waals surface area contributed by atoms with Gasteiger partial charge >= 0.3 is 5.97 Å². The number of nitrogens with one attached hydrogen (secondary N) is 1. The minimum atomic E-state index is -0.570. The van der Waals surface area contributed by atoms with Crippen molar-refractivity contribution in [3.63, 3.8) is 0 Å². The van der Waals surface area contributed by atoms with Crippen molar-refractivity contribution in [3.8, 4) is 0 Å². The van der Waals surface area contributed by atoms with E-state index >= 15 is 0 Å². The summed E-state index contributed by atoms with van der Waals surface area (Å²) >= 11 is 12.4. The van der Waals surface area contributed by atoms with E-state index in [0.717, 1.165) is 18.7 Å². The third-order valence-corrected chi connectivity index (χ3v) is 4.80. The Morgan fingerprint density at radius 2 is 1.89 bits per heavy atom. The van der Waals surface area contributed by atoms with E-state index in [4.69, 9.17) is 27.9 Å². The van der Waals surface area contributed by atoms with Crippen LogP contribution in [0.1, 0.15) is 42.9 Å². The molecule has 1 N–H and O–H groups in total. The summed E-state index contributed by atoms with van der Waals surface area (Å²) in [5, 5.41) is 4.06. The maximum atomic E-state index is 12.0. The Bertz CT molecular complexity index is 769. The molecular weight excluding hydrogens is 387 g/mol. The molecule has 6 nitrogen and oxygen atoms in total. The van der Waals surface area contributed by atoms with Crippen molar-refractivity contribution in [1.82, 2.24) is 14.9 Å². The Labute approximate surface area is 169 Å². The number of halogens is 2. The highest BCUT2D eigenvalue weighted by molar-refractivity contribution is 6.33. The standard InChI is InChI=1S/C19H24Cl2N4O2/c1-4-25(5-2)16(13-9-7-8-10-14(13)20)12-23-19-22-11-15(21)17(24-19)18(26)27-6-3/h7-11,16H,4-6,12H2,1-3H3,(H,22,23,24)/t16-/m0/s1. The number of carbonyl (C=O) groups is 1. The normalized spacial score (nSPS) is 12.1. The first-order chi connectivity index (χ1) is 13.0. The van der Waals surface area contributed by atoms with E-state index in [9.17, 15) is 4.79 Å². The first-order valence-corrected chi connectivity index (χ1v) is 9.69. The van der Waals surface area contributed by atoms with Gasteiger partial charge in [-0.15, -0.1) is 0 Å². The Kier molecular flexibility index (Phi) is 8.28. The van der Waals surface area contributed by atoms with Crippen molar-refractivity contribution in [3.05, 3.63) is 51.8 Å². The largest absolute Gasteiger partial charge is 0.461 e. The van der Waals surface area contributed by atoms with Gasteiger partial charge < -0.3 is 10.1 Å². The van der Waals surface area contributed by atoms with Gasteiger partial charge in [0.25, 0.3) is 0 Å². The van der Waals surface area contributed by atoms with Crippen LogP contribution in [0.25, 0.3) is 0 Å². The zero-order valence-corrected chi connectivity index (χ0v) is 17.2. The van der Waals surface area contributed by atoms with Gasteiger partial charge in [0.1, 0.15) is 0 Å². The summed E-state index contributed by atoms with van der Waals surface area (Å²) in [7, 11) is 0. The van der Waals surface area contributed by atoms with Crippen LogP contribution in [-0.2, 0) is 4.74 Å². The lowest BCUT2D eigenvalue weighted by Crippen LogP contribution is -2.33. The SMILES string of the molecule is CCOC(=O)c1nc(NC[C@@H](c2ccccc2Cl)N(CC)CC)ncc1Cl. The molecule has 0 unspecified atom stereocenters. The van der Waals surface area contributed by atoms with Gasteiger partial charge in [0.05, 0.1) is 23.9 Å². The third kappa shape index (κ3) is 5.54. The fourth-order valence-corrected chi connectivity index (χ4v) is 3.26. The molecule has 146 valence electrons. The molecule has 0 bridgehead atoms. The molecule has 1 atom stereocenters. The number of likely N-dealkylation sites (N-methyl/N-ethyl adjacent to an activating group) is 1. The van der Waals surface area contributed by atoms with Crippen LogP contribution in [-0.4, -0.2) is 47.1 Å². The molecule has 2 aromatic rings. The number of carbonyl (C=O) groups excluding carboxylic acids is 1. The number of aromatic nitrogens is 2. The number of rotatable bonds is 9. The number of hydrogen-bond acceptors (Lipinski definition) is 6. The first kappa shape index (κ1) is 21.4. The van der Waals surface area contributed by atoms with Gasteiger partial charge in [-0.25, -0.2) is 14.8 Å². The highest BCUT2D eigenvalue weighted by Gasteiger charge is 2.21. The van der Waals surface area contributed by atoms with E-state index in [-0.39, 0.29) is 23.4 Å². The van der Waals surface area contributed by atoms with Crippen LogP contribution in [0.5, 0.6) is 0 Å². The van der Waals surface area contributed by atoms with Crippen molar-refractivity contribution in [1.29, 1.82) is 0 Å². The van der Waals surface area contributed by atoms with E-state index in [1.807, 2.05) is 24.3 Å². The molecule has 0 fully saturated rings. The van der Waals surface area contributed by atoms with Gasteiger partial charge in [0, 0.05) is 11.6 Å². The number of benzene rings is 1. The summed E-state index contributed by atoms with van der Waals surface area (Å²) in [5.74, 6) is -0.258. The molecule has 0 aliphatic heterocycles. The van der Waals surface area contributed by atoms with Gasteiger partial charge in [0.2, 0.25) is 5.95 Å². The van der Waals surface area contributed by atoms with Crippen LogP contribution < -0.4 is 5.32 Å². The maximum absolute atomic E-state index is 12.0. The van der Waals surface area contributed by atoms with Crippen LogP contribution in [0.2, 0.25) is 10.0 Å². The molecule has 0 spiro atoms. The predicted octanol–water partition coefficient (Wildman–Crippen LogP) is 4.46. The molecule has 1 heterocycles. The fraction of sp³-hybridized carbons (Fsp3) is 0.421. The van der Waals surface area contributed by atoms with E-state index in [1.54, 1.807) is 6.92 Å². The van der Waals surface area contributed by atoms with Gasteiger partial charge in [0.15, 0.2) is 5.69 Å². The molecule has 0 saturated heterocycles. The number of ether oxygens (including phenoxy) is 1. The molecule has 1 aromatic heterocycles.